The van der Waals surface area contributed by atoms with Gasteiger partial charge in [-0.05, 0) is 24.1 Å². The molecule has 0 saturated heterocycles. The molecule has 0 bridgehead atoms. The molecule has 106 valence electrons. The first-order chi connectivity index (χ1) is 9.46. The minimum Gasteiger partial charge on any atom is -0.241 e. The number of hydrogen-bond acceptors (Lipinski definition) is 2. The quantitative estimate of drug-likeness (QED) is 0.767. The first-order valence-electron chi connectivity index (χ1n) is 6.09. The molecule has 0 radical (unpaired) electrons. The van der Waals surface area contributed by atoms with Crippen molar-refractivity contribution < 1.29 is 18.0 Å². The molecule has 0 heterocycles. The van der Waals surface area contributed by atoms with Gasteiger partial charge in [-0.2, -0.15) is 4.84 Å². The molecule has 2 aromatic rings. The topological polar surface area (TPSA) is 12.5 Å². The van der Waals surface area contributed by atoms with E-state index in [2.05, 4.69) is 4.84 Å². The van der Waals surface area contributed by atoms with Gasteiger partial charge in [0.25, 0.3) is 0 Å². The average molecular weight is 281 g/mol. The molecular formula is C15H14F3NO. The molecule has 20 heavy (non-hydrogen) atoms. The molecule has 2 nitrogen and oxygen atoms in total. The summed E-state index contributed by atoms with van der Waals surface area (Å²) in [5, 5.41) is 0.866. The Kier molecular flexibility index (Phi) is 4.29. The standard InChI is InChI=1S/C15H14F3NO/c1-12-7-5-6-10-14(12)19(20-15(16,17)18)11-13-8-3-2-4-9-13/h2-10H,11H2,1H3. The van der Waals surface area contributed by atoms with Gasteiger partial charge >= 0.3 is 6.36 Å². The van der Waals surface area contributed by atoms with Crippen LogP contribution in [0.3, 0.4) is 0 Å². The van der Waals surface area contributed by atoms with Crippen molar-refractivity contribution in [3.05, 3.63) is 65.7 Å². The van der Waals surface area contributed by atoms with Crippen molar-refractivity contribution in [2.24, 2.45) is 0 Å². The van der Waals surface area contributed by atoms with Crippen LogP contribution in [0, 0.1) is 6.92 Å². The molecule has 0 spiro atoms. The summed E-state index contributed by atoms with van der Waals surface area (Å²) in [7, 11) is 0. The summed E-state index contributed by atoms with van der Waals surface area (Å²) in [4.78, 5) is 4.14. The van der Waals surface area contributed by atoms with E-state index in [4.69, 9.17) is 0 Å². The van der Waals surface area contributed by atoms with E-state index in [-0.39, 0.29) is 6.54 Å². The molecule has 0 aliphatic heterocycles. The number of halogens is 3. The molecule has 0 aliphatic rings. The van der Waals surface area contributed by atoms with Crippen LogP contribution in [0.15, 0.2) is 54.6 Å². The van der Waals surface area contributed by atoms with E-state index in [1.807, 2.05) is 6.07 Å². The minimum absolute atomic E-state index is 0.0191. The zero-order valence-corrected chi connectivity index (χ0v) is 10.9. The van der Waals surface area contributed by atoms with E-state index < -0.39 is 6.36 Å². The summed E-state index contributed by atoms with van der Waals surface area (Å²) in [6.07, 6.45) is -4.73. The molecule has 0 amide bonds. The van der Waals surface area contributed by atoms with E-state index in [9.17, 15) is 13.2 Å². The maximum absolute atomic E-state index is 12.6. The molecule has 0 N–H and O–H groups in total. The SMILES string of the molecule is Cc1ccccc1N(Cc1ccccc1)OC(F)(F)F. The van der Waals surface area contributed by atoms with Crippen molar-refractivity contribution >= 4 is 5.69 Å². The zero-order chi connectivity index (χ0) is 14.6. The second-order valence-electron chi connectivity index (χ2n) is 4.35. The third kappa shape index (κ3) is 3.99. The number of nitrogens with zero attached hydrogens (tertiary/aromatic N) is 1. The Morgan fingerprint density at radius 1 is 0.950 bits per heavy atom. The first-order valence-corrected chi connectivity index (χ1v) is 6.09. The smallest absolute Gasteiger partial charge is 0.241 e. The summed E-state index contributed by atoms with van der Waals surface area (Å²) in [6, 6.07) is 15.7. The number of benzene rings is 2. The van der Waals surface area contributed by atoms with Gasteiger partial charge in [-0.1, -0.05) is 48.5 Å². The van der Waals surface area contributed by atoms with Gasteiger partial charge in [0.15, 0.2) is 0 Å². The van der Waals surface area contributed by atoms with Crippen LogP contribution in [0.2, 0.25) is 0 Å². The molecule has 0 aromatic heterocycles. The Morgan fingerprint density at radius 3 is 2.15 bits per heavy atom. The van der Waals surface area contributed by atoms with Crippen LogP contribution < -0.4 is 5.06 Å². The van der Waals surface area contributed by atoms with E-state index in [1.165, 1.54) is 0 Å². The molecule has 2 aromatic carbocycles. The molecule has 0 saturated carbocycles. The van der Waals surface area contributed by atoms with Gasteiger partial charge in [0.2, 0.25) is 0 Å². The van der Waals surface area contributed by atoms with Crippen molar-refractivity contribution in [3.63, 3.8) is 0 Å². The zero-order valence-electron chi connectivity index (χ0n) is 10.9. The lowest BCUT2D eigenvalue weighted by Crippen LogP contribution is -2.31. The fourth-order valence-corrected chi connectivity index (χ4v) is 1.88. The van der Waals surface area contributed by atoms with Crippen molar-refractivity contribution in [2.75, 3.05) is 5.06 Å². The van der Waals surface area contributed by atoms with E-state index in [1.54, 1.807) is 55.5 Å². The molecule has 0 atom stereocenters. The average Bonchev–Trinajstić information content (AvgIpc) is 2.38. The van der Waals surface area contributed by atoms with Crippen LogP contribution in [0.25, 0.3) is 0 Å². The Labute approximate surface area is 115 Å². The summed E-state index contributed by atoms with van der Waals surface area (Å²) < 4.78 is 37.7. The van der Waals surface area contributed by atoms with Crippen molar-refractivity contribution in [1.82, 2.24) is 0 Å². The van der Waals surface area contributed by atoms with Gasteiger partial charge in [0.05, 0.1) is 12.2 Å². The number of para-hydroxylation sites is 1. The molecule has 5 heteroatoms. The number of hydrogen-bond donors (Lipinski definition) is 0. The second kappa shape index (κ2) is 5.96. The van der Waals surface area contributed by atoms with Crippen LogP contribution in [0.4, 0.5) is 18.9 Å². The lowest BCUT2D eigenvalue weighted by molar-refractivity contribution is -0.331. The highest BCUT2D eigenvalue weighted by Crippen LogP contribution is 2.27. The normalized spacial score (nSPS) is 11.4. The fourth-order valence-electron chi connectivity index (χ4n) is 1.88. The third-order valence-corrected chi connectivity index (χ3v) is 2.77. The van der Waals surface area contributed by atoms with Gasteiger partial charge in [-0.15, -0.1) is 13.2 Å². The molecular weight excluding hydrogens is 267 g/mol. The number of rotatable bonds is 4. The Bertz CT molecular complexity index is 555. The Balaban J connectivity index is 2.28. The number of aryl methyl sites for hydroxylation is 1. The summed E-state index contributed by atoms with van der Waals surface area (Å²) in [6.45, 7) is 1.76. The molecule has 2 rings (SSSR count). The van der Waals surface area contributed by atoms with Crippen molar-refractivity contribution in [3.8, 4) is 0 Å². The largest absolute Gasteiger partial charge is 0.544 e. The van der Waals surface area contributed by atoms with Crippen molar-refractivity contribution in [2.45, 2.75) is 19.8 Å². The predicted molar refractivity (Wildman–Crippen MR) is 70.9 cm³/mol. The number of alkyl halides is 3. The number of anilines is 1. The first kappa shape index (κ1) is 14.4. The third-order valence-electron chi connectivity index (χ3n) is 2.77. The van der Waals surface area contributed by atoms with Crippen LogP contribution in [0.5, 0.6) is 0 Å². The summed E-state index contributed by atoms with van der Waals surface area (Å²) in [5.41, 5.74) is 1.85. The van der Waals surface area contributed by atoms with Gasteiger partial charge in [0.1, 0.15) is 0 Å². The van der Waals surface area contributed by atoms with Gasteiger partial charge in [-0.3, -0.25) is 0 Å². The van der Waals surface area contributed by atoms with Crippen LogP contribution in [0.1, 0.15) is 11.1 Å². The maximum atomic E-state index is 12.6. The van der Waals surface area contributed by atoms with Crippen LogP contribution >= 0.6 is 0 Å². The highest BCUT2D eigenvalue weighted by atomic mass is 19.4. The highest BCUT2D eigenvalue weighted by Gasteiger charge is 2.34. The highest BCUT2D eigenvalue weighted by molar-refractivity contribution is 5.51. The lowest BCUT2D eigenvalue weighted by atomic mass is 10.1. The van der Waals surface area contributed by atoms with E-state index in [0.29, 0.717) is 11.3 Å². The van der Waals surface area contributed by atoms with Crippen LogP contribution in [-0.4, -0.2) is 6.36 Å². The summed E-state index contributed by atoms with van der Waals surface area (Å²) in [5.74, 6) is 0. The van der Waals surface area contributed by atoms with Gasteiger partial charge in [-0.25, -0.2) is 5.06 Å². The van der Waals surface area contributed by atoms with Crippen LogP contribution in [-0.2, 0) is 11.4 Å². The predicted octanol–water partition coefficient (Wildman–Crippen LogP) is 4.45. The fraction of sp³-hybridized carbons (Fsp3) is 0.200. The second-order valence-corrected chi connectivity index (χ2v) is 4.35. The van der Waals surface area contributed by atoms with Gasteiger partial charge < -0.3 is 0 Å². The monoisotopic (exact) mass is 281 g/mol. The molecule has 0 unspecified atom stereocenters. The minimum atomic E-state index is -4.73. The molecule has 0 fully saturated rings. The molecule has 0 aliphatic carbocycles. The lowest BCUT2D eigenvalue weighted by Gasteiger charge is -2.26. The maximum Gasteiger partial charge on any atom is 0.544 e. The van der Waals surface area contributed by atoms with E-state index in [0.717, 1.165) is 10.6 Å². The Morgan fingerprint density at radius 2 is 1.55 bits per heavy atom. The summed E-state index contributed by atoms with van der Waals surface area (Å²) >= 11 is 0. The number of hydroxylamine groups is 1. The Hall–Kier alpha value is -2.01. The van der Waals surface area contributed by atoms with Gasteiger partial charge in [0, 0.05) is 0 Å². The van der Waals surface area contributed by atoms with E-state index >= 15 is 0 Å². The van der Waals surface area contributed by atoms with Crippen molar-refractivity contribution in [1.29, 1.82) is 0 Å².